The molecule has 5 heteroatoms. The summed E-state index contributed by atoms with van der Waals surface area (Å²) in [5.74, 6) is -0.394. The van der Waals surface area contributed by atoms with E-state index in [-0.39, 0.29) is 0 Å². The summed E-state index contributed by atoms with van der Waals surface area (Å²) in [6, 6.07) is 11.9. The zero-order valence-corrected chi connectivity index (χ0v) is 13.7. The summed E-state index contributed by atoms with van der Waals surface area (Å²) in [6.07, 6.45) is 4.33. The molecule has 2 aromatic heterocycles. The SMILES string of the molecule is CCOC(=O)c1nn(-c2ccccc2)c2nc3c(cc12)CCCC3. The molecule has 122 valence electrons. The fourth-order valence-electron chi connectivity index (χ4n) is 3.26. The van der Waals surface area contributed by atoms with Crippen molar-refractivity contribution >= 4 is 17.0 Å². The number of rotatable bonds is 3. The monoisotopic (exact) mass is 321 g/mol. The maximum absolute atomic E-state index is 12.3. The van der Waals surface area contributed by atoms with Gasteiger partial charge < -0.3 is 4.74 Å². The van der Waals surface area contributed by atoms with Gasteiger partial charge in [-0.1, -0.05) is 18.2 Å². The Morgan fingerprint density at radius 3 is 2.79 bits per heavy atom. The number of hydrogen-bond donors (Lipinski definition) is 0. The molecule has 0 spiro atoms. The van der Waals surface area contributed by atoms with Gasteiger partial charge in [-0.2, -0.15) is 5.10 Å². The highest BCUT2D eigenvalue weighted by molar-refractivity contribution is 6.01. The van der Waals surface area contributed by atoms with Crippen molar-refractivity contribution in [2.75, 3.05) is 6.61 Å². The van der Waals surface area contributed by atoms with Gasteiger partial charge in [-0.25, -0.2) is 14.5 Å². The van der Waals surface area contributed by atoms with Crippen LogP contribution >= 0.6 is 0 Å². The molecule has 0 amide bonds. The molecule has 0 aliphatic heterocycles. The van der Waals surface area contributed by atoms with Gasteiger partial charge in [0.25, 0.3) is 0 Å². The number of ether oxygens (including phenoxy) is 1. The van der Waals surface area contributed by atoms with Crippen LogP contribution in [-0.4, -0.2) is 27.3 Å². The molecule has 1 aliphatic rings. The number of aromatic nitrogens is 3. The molecule has 24 heavy (non-hydrogen) atoms. The Balaban J connectivity index is 1.96. The van der Waals surface area contributed by atoms with Gasteiger partial charge in [0, 0.05) is 5.69 Å². The second-order valence-corrected chi connectivity index (χ2v) is 5.99. The molecule has 0 fully saturated rings. The van der Waals surface area contributed by atoms with Crippen LogP contribution in [0.4, 0.5) is 0 Å². The number of para-hydroxylation sites is 1. The Morgan fingerprint density at radius 2 is 2.00 bits per heavy atom. The molecule has 0 saturated carbocycles. The molecular weight excluding hydrogens is 302 g/mol. The summed E-state index contributed by atoms with van der Waals surface area (Å²) in [7, 11) is 0. The second-order valence-electron chi connectivity index (χ2n) is 5.99. The third kappa shape index (κ3) is 2.46. The minimum absolute atomic E-state index is 0.330. The van der Waals surface area contributed by atoms with Crippen LogP contribution in [0.3, 0.4) is 0 Å². The predicted octanol–water partition coefficient (Wildman–Crippen LogP) is 3.48. The summed E-state index contributed by atoms with van der Waals surface area (Å²) >= 11 is 0. The highest BCUT2D eigenvalue weighted by Gasteiger charge is 2.23. The average molecular weight is 321 g/mol. The van der Waals surface area contributed by atoms with Crippen LogP contribution < -0.4 is 0 Å². The molecule has 1 aromatic carbocycles. The van der Waals surface area contributed by atoms with E-state index in [0.29, 0.717) is 12.3 Å². The quantitative estimate of drug-likeness (QED) is 0.693. The number of carbonyl (C=O) groups excluding carboxylic acids is 1. The maximum atomic E-state index is 12.3. The van der Waals surface area contributed by atoms with E-state index in [1.54, 1.807) is 11.6 Å². The molecule has 0 saturated heterocycles. The predicted molar refractivity (Wildman–Crippen MR) is 91.5 cm³/mol. The van der Waals surface area contributed by atoms with Gasteiger partial charge >= 0.3 is 5.97 Å². The molecule has 5 nitrogen and oxygen atoms in total. The summed E-state index contributed by atoms with van der Waals surface area (Å²) in [4.78, 5) is 17.2. The van der Waals surface area contributed by atoms with Gasteiger partial charge in [0.05, 0.1) is 17.7 Å². The molecular formula is C19H19N3O2. The van der Waals surface area contributed by atoms with Crippen LogP contribution in [-0.2, 0) is 17.6 Å². The van der Waals surface area contributed by atoms with Crippen molar-refractivity contribution in [1.82, 2.24) is 14.8 Å². The number of aryl methyl sites for hydroxylation is 2. The van der Waals surface area contributed by atoms with E-state index in [1.165, 1.54) is 12.0 Å². The van der Waals surface area contributed by atoms with Crippen LogP contribution in [0.25, 0.3) is 16.7 Å². The fraction of sp³-hybridized carbons (Fsp3) is 0.316. The summed E-state index contributed by atoms with van der Waals surface area (Å²) in [6.45, 7) is 2.13. The van der Waals surface area contributed by atoms with Crippen LogP contribution in [0.15, 0.2) is 36.4 Å². The second kappa shape index (κ2) is 6.07. The van der Waals surface area contributed by atoms with Gasteiger partial charge in [-0.05, 0) is 56.4 Å². The summed E-state index contributed by atoms with van der Waals surface area (Å²) < 4.78 is 6.93. The highest BCUT2D eigenvalue weighted by atomic mass is 16.5. The third-order valence-electron chi connectivity index (χ3n) is 4.41. The zero-order chi connectivity index (χ0) is 16.5. The third-order valence-corrected chi connectivity index (χ3v) is 4.41. The van der Waals surface area contributed by atoms with Crippen molar-refractivity contribution in [2.24, 2.45) is 0 Å². The van der Waals surface area contributed by atoms with Crippen LogP contribution in [0.5, 0.6) is 0 Å². The number of pyridine rings is 1. The molecule has 3 aromatic rings. The Morgan fingerprint density at radius 1 is 1.21 bits per heavy atom. The smallest absolute Gasteiger partial charge is 0.359 e. The maximum Gasteiger partial charge on any atom is 0.359 e. The van der Waals surface area contributed by atoms with E-state index < -0.39 is 5.97 Å². The first-order chi connectivity index (χ1) is 11.8. The minimum atomic E-state index is -0.394. The van der Waals surface area contributed by atoms with E-state index in [1.807, 2.05) is 30.3 Å². The van der Waals surface area contributed by atoms with Gasteiger partial charge in [0.2, 0.25) is 0 Å². The van der Waals surface area contributed by atoms with Gasteiger partial charge in [0.1, 0.15) is 0 Å². The zero-order valence-electron chi connectivity index (χ0n) is 13.7. The fourth-order valence-corrected chi connectivity index (χ4v) is 3.26. The van der Waals surface area contributed by atoms with Crippen molar-refractivity contribution in [1.29, 1.82) is 0 Å². The van der Waals surface area contributed by atoms with Crippen molar-refractivity contribution in [2.45, 2.75) is 32.6 Å². The minimum Gasteiger partial charge on any atom is -0.461 e. The topological polar surface area (TPSA) is 57.0 Å². The summed E-state index contributed by atoms with van der Waals surface area (Å²) in [5, 5.41) is 5.30. The molecule has 1 aliphatic carbocycles. The Hall–Kier alpha value is -2.69. The summed E-state index contributed by atoms with van der Waals surface area (Å²) in [5.41, 5.74) is 4.32. The van der Waals surface area contributed by atoms with Gasteiger partial charge in [0.15, 0.2) is 11.3 Å². The molecule has 0 atom stereocenters. The Labute approximate surface area is 140 Å². The van der Waals surface area contributed by atoms with E-state index >= 15 is 0 Å². The average Bonchev–Trinajstić information content (AvgIpc) is 2.99. The Bertz CT molecular complexity index is 900. The van der Waals surface area contributed by atoms with Crippen LogP contribution in [0.1, 0.15) is 41.5 Å². The van der Waals surface area contributed by atoms with Crippen LogP contribution in [0.2, 0.25) is 0 Å². The lowest BCUT2D eigenvalue weighted by Crippen LogP contribution is -2.07. The number of hydrogen-bond acceptors (Lipinski definition) is 4. The van der Waals surface area contributed by atoms with Crippen molar-refractivity contribution < 1.29 is 9.53 Å². The highest BCUT2D eigenvalue weighted by Crippen LogP contribution is 2.28. The van der Waals surface area contributed by atoms with Crippen molar-refractivity contribution in [3.05, 3.63) is 53.3 Å². The standard InChI is InChI=1S/C19H19N3O2/c1-2-24-19(23)17-15-12-13-8-6-7-11-16(13)20-18(15)22(21-17)14-9-4-3-5-10-14/h3-5,9-10,12H,2,6-8,11H2,1H3. The molecule has 2 heterocycles. The number of nitrogens with zero attached hydrogens (tertiary/aromatic N) is 3. The lowest BCUT2D eigenvalue weighted by molar-refractivity contribution is 0.0521. The molecule has 0 radical (unpaired) electrons. The largest absolute Gasteiger partial charge is 0.461 e. The first-order valence-electron chi connectivity index (χ1n) is 8.42. The number of carbonyl (C=O) groups is 1. The number of benzene rings is 1. The first kappa shape index (κ1) is 14.9. The number of fused-ring (bicyclic) bond motifs is 2. The lowest BCUT2D eigenvalue weighted by atomic mass is 9.95. The molecule has 0 unspecified atom stereocenters. The van der Waals surface area contributed by atoms with Crippen molar-refractivity contribution in [3.63, 3.8) is 0 Å². The molecule has 4 rings (SSSR count). The normalized spacial score (nSPS) is 13.7. The van der Waals surface area contributed by atoms with E-state index in [4.69, 9.17) is 9.72 Å². The lowest BCUT2D eigenvalue weighted by Gasteiger charge is -2.14. The molecule has 0 N–H and O–H groups in total. The van der Waals surface area contributed by atoms with Crippen molar-refractivity contribution in [3.8, 4) is 5.69 Å². The van der Waals surface area contributed by atoms with Crippen LogP contribution in [0, 0.1) is 0 Å². The number of esters is 1. The van der Waals surface area contributed by atoms with E-state index in [2.05, 4.69) is 11.2 Å². The van der Waals surface area contributed by atoms with E-state index in [0.717, 1.165) is 41.7 Å². The Kier molecular flexibility index (Phi) is 3.76. The molecule has 0 bridgehead atoms. The van der Waals surface area contributed by atoms with Gasteiger partial charge in [-0.3, -0.25) is 0 Å². The van der Waals surface area contributed by atoms with E-state index in [9.17, 15) is 4.79 Å². The van der Waals surface area contributed by atoms with Gasteiger partial charge in [-0.15, -0.1) is 0 Å². The first-order valence-corrected chi connectivity index (χ1v) is 8.42.